The monoisotopic (exact) mass is 116 g/mol. The van der Waals surface area contributed by atoms with Crippen molar-refractivity contribution in [3.8, 4) is 0 Å². The van der Waals surface area contributed by atoms with Crippen LogP contribution >= 0.6 is 0 Å². The first-order valence-electron chi connectivity index (χ1n) is 3.39. The Bertz CT molecular complexity index is 62.1. The van der Waals surface area contributed by atoms with Crippen LogP contribution in [0.15, 0.2) is 0 Å². The third-order valence-corrected chi connectivity index (χ3v) is 1.77. The van der Waals surface area contributed by atoms with E-state index in [0.29, 0.717) is 0 Å². The van der Waals surface area contributed by atoms with Gasteiger partial charge in [-0.25, -0.2) is 0 Å². The van der Waals surface area contributed by atoms with Crippen LogP contribution in [-0.2, 0) is 0 Å². The Morgan fingerprint density at radius 1 is 1.62 bits per heavy atom. The van der Waals surface area contributed by atoms with Gasteiger partial charge in [0.1, 0.15) is 0 Å². The number of rotatable bonds is 1. The summed E-state index contributed by atoms with van der Waals surface area (Å²) in [4.78, 5) is 0. The van der Waals surface area contributed by atoms with E-state index in [1.54, 1.807) is 0 Å². The maximum atomic E-state index is 3.14. The van der Waals surface area contributed by atoms with Crippen molar-refractivity contribution in [2.45, 2.75) is 19.8 Å². The molecule has 2 nitrogen and oxygen atoms in total. The molecule has 2 N–H and O–H groups in total. The Labute approximate surface area is 52.1 Å². The van der Waals surface area contributed by atoms with Gasteiger partial charge in [-0.15, -0.1) is 0 Å². The van der Waals surface area contributed by atoms with Crippen molar-refractivity contribution in [3.05, 3.63) is 0 Å². The molecule has 2 heteroatoms. The summed E-state index contributed by atoms with van der Waals surface area (Å²) in [6, 6.07) is 0. The molecule has 0 aromatic heterocycles. The molecule has 0 amide bonds. The minimum Gasteiger partial charge on any atom is -0.258 e. The lowest BCUT2D eigenvalue weighted by Gasteiger charge is -2.21. The zero-order valence-corrected chi connectivity index (χ0v) is 5.41. The Hall–Kier alpha value is -0.0800. The second-order valence-electron chi connectivity index (χ2n) is 2.37. The average Bonchev–Trinajstić information content (AvgIpc) is 1.90. The largest absolute Gasteiger partial charge is 0.258 e. The summed E-state index contributed by atoms with van der Waals surface area (Å²) in [6.45, 7) is 4.53. The average molecular weight is 116 g/mol. The zero-order chi connectivity index (χ0) is 5.82. The van der Waals surface area contributed by atoms with Crippen LogP contribution in [0, 0.1) is 5.92 Å². The molecule has 1 heterocycles. The molecule has 0 aromatic rings. The first-order valence-corrected chi connectivity index (χ1v) is 3.39. The van der Waals surface area contributed by atoms with Crippen molar-refractivity contribution in [2.75, 3.05) is 13.1 Å². The van der Waals surface area contributed by atoms with Crippen LogP contribution in [0.5, 0.6) is 0 Å². The van der Waals surface area contributed by atoms with Crippen molar-refractivity contribution in [1.82, 2.24) is 10.9 Å². The van der Waals surface area contributed by atoms with Gasteiger partial charge >= 0.3 is 0 Å². The van der Waals surface area contributed by atoms with E-state index in [1.165, 1.54) is 12.8 Å². The Kier molecular flexibility index (Phi) is 2.30. The highest BCUT2D eigenvalue weighted by Gasteiger charge is 2.08. The van der Waals surface area contributed by atoms with Gasteiger partial charge in [-0.05, 0) is 12.3 Å². The van der Waals surface area contributed by atoms with Gasteiger partial charge in [0, 0.05) is 14.5 Å². The summed E-state index contributed by atoms with van der Waals surface area (Å²) in [5, 5.41) is 0. The van der Waals surface area contributed by atoms with Gasteiger partial charge in [-0.1, -0.05) is 13.3 Å². The molecule has 0 aromatic carbocycles. The Balaban J connectivity index is 0.000000640. The van der Waals surface area contributed by atoms with E-state index >= 15 is 0 Å². The summed E-state index contributed by atoms with van der Waals surface area (Å²) < 4.78 is 0. The Morgan fingerprint density at radius 2 is 2.50 bits per heavy atom. The van der Waals surface area contributed by atoms with Crippen molar-refractivity contribution < 1.29 is 1.43 Å². The lowest BCUT2D eigenvalue weighted by Crippen LogP contribution is -2.42. The summed E-state index contributed by atoms with van der Waals surface area (Å²) in [5.41, 5.74) is 6.23. The summed E-state index contributed by atoms with van der Waals surface area (Å²) >= 11 is 0. The van der Waals surface area contributed by atoms with E-state index in [0.717, 1.165) is 19.0 Å². The van der Waals surface area contributed by atoms with Crippen molar-refractivity contribution in [2.24, 2.45) is 5.92 Å². The van der Waals surface area contributed by atoms with Crippen LogP contribution in [0.4, 0.5) is 0 Å². The number of nitrogens with one attached hydrogen (secondary N) is 2. The zero-order valence-electron chi connectivity index (χ0n) is 5.41. The van der Waals surface area contributed by atoms with Gasteiger partial charge in [0.2, 0.25) is 0 Å². The minimum absolute atomic E-state index is 0. The maximum absolute atomic E-state index is 3.14. The van der Waals surface area contributed by atoms with Crippen LogP contribution in [-0.4, -0.2) is 13.1 Å². The first kappa shape index (κ1) is 6.05. The van der Waals surface area contributed by atoms with Crippen molar-refractivity contribution >= 4 is 0 Å². The SMILES string of the molecule is CCC1CCNNC1.[HH]. The summed E-state index contributed by atoms with van der Waals surface area (Å²) in [6.07, 6.45) is 2.65. The van der Waals surface area contributed by atoms with Crippen LogP contribution in [0.1, 0.15) is 21.2 Å². The predicted octanol–water partition coefficient (Wildman–Crippen LogP) is 0.757. The van der Waals surface area contributed by atoms with Gasteiger partial charge < -0.3 is 0 Å². The van der Waals surface area contributed by atoms with Gasteiger partial charge in [0.05, 0.1) is 0 Å². The molecule has 1 atom stereocenters. The standard InChI is InChI=1S/C6H14N2.H2/c1-2-6-3-4-7-8-5-6;/h6-8H,2-5H2,1H3;1H. The van der Waals surface area contributed by atoms with Crippen LogP contribution in [0.25, 0.3) is 0 Å². The molecule has 8 heavy (non-hydrogen) atoms. The first-order chi connectivity index (χ1) is 3.93. The lowest BCUT2D eigenvalue weighted by molar-refractivity contribution is 0.328. The highest BCUT2D eigenvalue weighted by Crippen LogP contribution is 2.06. The molecule has 1 fully saturated rings. The molecule has 0 spiro atoms. The minimum atomic E-state index is 0. The molecule has 1 unspecified atom stereocenters. The van der Waals surface area contributed by atoms with E-state index in [9.17, 15) is 0 Å². The molecule has 1 rings (SSSR count). The number of hydrazine groups is 1. The smallest absolute Gasteiger partial charge is 0.0128 e. The van der Waals surface area contributed by atoms with Crippen LogP contribution in [0.3, 0.4) is 0 Å². The van der Waals surface area contributed by atoms with E-state index in [2.05, 4.69) is 17.8 Å². The highest BCUT2D eigenvalue weighted by atomic mass is 15.4. The van der Waals surface area contributed by atoms with E-state index in [1.807, 2.05) is 0 Å². The fourth-order valence-corrected chi connectivity index (χ4v) is 1.03. The van der Waals surface area contributed by atoms with Gasteiger partial charge in [-0.3, -0.25) is 10.9 Å². The quantitative estimate of drug-likeness (QED) is 0.528. The fraction of sp³-hybridized carbons (Fsp3) is 1.00. The molecule has 0 bridgehead atoms. The van der Waals surface area contributed by atoms with Gasteiger partial charge in [-0.2, -0.15) is 0 Å². The molecule has 0 saturated carbocycles. The number of hydrogen-bond donors (Lipinski definition) is 2. The van der Waals surface area contributed by atoms with E-state index < -0.39 is 0 Å². The molecule has 0 radical (unpaired) electrons. The van der Waals surface area contributed by atoms with Crippen molar-refractivity contribution in [1.29, 1.82) is 0 Å². The molecule has 50 valence electrons. The molecule has 1 saturated heterocycles. The maximum Gasteiger partial charge on any atom is 0.0128 e. The topological polar surface area (TPSA) is 24.1 Å². The molecule has 1 aliphatic heterocycles. The third kappa shape index (κ3) is 1.46. The molecule has 1 aliphatic rings. The molecular weight excluding hydrogens is 100 g/mol. The third-order valence-electron chi connectivity index (χ3n) is 1.77. The van der Waals surface area contributed by atoms with E-state index in [4.69, 9.17) is 0 Å². The van der Waals surface area contributed by atoms with Crippen LogP contribution < -0.4 is 10.9 Å². The van der Waals surface area contributed by atoms with E-state index in [-0.39, 0.29) is 1.43 Å². The van der Waals surface area contributed by atoms with Crippen LogP contribution in [0.2, 0.25) is 0 Å². The predicted molar refractivity (Wildman–Crippen MR) is 36.5 cm³/mol. The molecule has 0 aliphatic carbocycles. The second kappa shape index (κ2) is 3.05. The van der Waals surface area contributed by atoms with Gasteiger partial charge in [0.25, 0.3) is 0 Å². The Morgan fingerprint density at radius 3 is 2.88 bits per heavy atom. The highest BCUT2D eigenvalue weighted by molar-refractivity contribution is 4.64. The number of hydrogen-bond acceptors (Lipinski definition) is 2. The second-order valence-corrected chi connectivity index (χ2v) is 2.37. The molecular formula is C6H16N2. The summed E-state index contributed by atoms with van der Waals surface area (Å²) in [5.74, 6) is 0.913. The van der Waals surface area contributed by atoms with Gasteiger partial charge in [0.15, 0.2) is 0 Å². The lowest BCUT2D eigenvalue weighted by atomic mass is 10.0. The van der Waals surface area contributed by atoms with Crippen molar-refractivity contribution in [3.63, 3.8) is 0 Å². The summed E-state index contributed by atoms with van der Waals surface area (Å²) in [7, 11) is 0. The normalized spacial score (nSPS) is 30.4. The fourth-order valence-electron chi connectivity index (χ4n) is 1.03.